The van der Waals surface area contributed by atoms with Crippen molar-refractivity contribution in [2.24, 2.45) is 0 Å². The number of amides is 1. The first-order valence-corrected chi connectivity index (χ1v) is 10.2. The van der Waals surface area contributed by atoms with E-state index in [1.165, 1.54) is 0 Å². The van der Waals surface area contributed by atoms with Crippen molar-refractivity contribution in [3.8, 4) is 5.75 Å². The molecule has 1 aromatic carbocycles. The number of benzene rings is 1. The summed E-state index contributed by atoms with van der Waals surface area (Å²) in [6.45, 7) is 4.46. The molecule has 0 radical (unpaired) electrons. The zero-order chi connectivity index (χ0) is 21.1. The molecule has 0 fully saturated rings. The van der Waals surface area contributed by atoms with Gasteiger partial charge in [0.05, 0.1) is 25.0 Å². The van der Waals surface area contributed by atoms with Gasteiger partial charge in [-0.05, 0) is 44.8 Å². The first-order chi connectivity index (χ1) is 14.0. The minimum atomic E-state index is -0.193. The minimum Gasteiger partial charge on any atom is -0.494 e. The Bertz CT molecular complexity index is 769. The summed E-state index contributed by atoms with van der Waals surface area (Å²) in [6, 6.07) is 7.12. The van der Waals surface area contributed by atoms with Gasteiger partial charge in [-0.25, -0.2) is 0 Å². The van der Waals surface area contributed by atoms with E-state index in [4.69, 9.17) is 4.74 Å². The lowest BCUT2D eigenvalue weighted by Gasteiger charge is -2.08. The lowest BCUT2D eigenvalue weighted by Crippen LogP contribution is -2.18. The monoisotopic (exact) mass is 400 g/mol. The number of ketones is 1. The number of ether oxygens (including phenoxy) is 1. The number of Topliss-reactive ketones (excluding diaryl/α,β-unsaturated/α-hetero) is 1. The van der Waals surface area contributed by atoms with Gasteiger partial charge in [0.2, 0.25) is 5.91 Å². The number of nitrogens with one attached hydrogen (secondary N) is 1. The Labute approximate surface area is 173 Å². The van der Waals surface area contributed by atoms with Crippen LogP contribution in [-0.2, 0) is 11.3 Å². The Balaban J connectivity index is 1.73. The fourth-order valence-corrected chi connectivity index (χ4v) is 2.73. The summed E-state index contributed by atoms with van der Waals surface area (Å²) in [5.41, 5.74) is 1.24. The molecule has 0 aliphatic heterocycles. The molecule has 7 heteroatoms. The second-order valence-electron chi connectivity index (χ2n) is 7.35. The molecule has 1 heterocycles. The van der Waals surface area contributed by atoms with Crippen LogP contribution in [0, 0.1) is 0 Å². The molecule has 29 heavy (non-hydrogen) atoms. The maximum absolute atomic E-state index is 12.3. The normalized spacial score (nSPS) is 10.9. The fourth-order valence-electron chi connectivity index (χ4n) is 2.73. The smallest absolute Gasteiger partial charge is 0.224 e. The predicted molar refractivity (Wildman–Crippen MR) is 114 cm³/mol. The highest BCUT2D eigenvalue weighted by Gasteiger charge is 2.11. The summed E-state index contributed by atoms with van der Waals surface area (Å²) in [7, 11) is 3.99. The van der Waals surface area contributed by atoms with Crippen LogP contribution in [0.2, 0.25) is 0 Å². The summed E-state index contributed by atoms with van der Waals surface area (Å²) in [6.07, 6.45) is 7.05. The van der Waals surface area contributed by atoms with Crippen molar-refractivity contribution in [2.45, 2.75) is 45.6 Å². The molecular weight excluding hydrogens is 368 g/mol. The van der Waals surface area contributed by atoms with E-state index in [9.17, 15) is 9.59 Å². The number of carbonyl (C=O) groups excluding carboxylic acids is 2. The second kappa shape index (κ2) is 12.0. The molecule has 0 saturated carbocycles. The van der Waals surface area contributed by atoms with E-state index in [0.717, 1.165) is 38.1 Å². The van der Waals surface area contributed by atoms with Gasteiger partial charge in [-0.1, -0.05) is 19.8 Å². The zero-order valence-corrected chi connectivity index (χ0v) is 17.7. The number of hydrogen-bond acceptors (Lipinski definition) is 5. The number of rotatable bonds is 13. The Kier molecular flexibility index (Phi) is 9.37. The van der Waals surface area contributed by atoms with E-state index >= 15 is 0 Å². The average Bonchev–Trinajstić information content (AvgIpc) is 3.15. The summed E-state index contributed by atoms with van der Waals surface area (Å²) in [4.78, 5) is 26.5. The quantitative estimate of drug-likeness (QED) is 0.411. The van der Waals surface area contributed by atoms with Crippen molar-refractivity contribution in [3.05, 3.63) is 42.2 Å². The molecule has 2 rings (SSSR count). The van der Waals surface area contributed by atoms with Gasteiger partial charge in [0.1, 0.15) is 5.75 Å². The minimum absolute atomic E-state index is 0.0561. The maximum atomic E-state index is 12.3. The van der Waals surface area contributed by atoms with E-state index in [-0.39, 0.29) is 24.5 Å². The third-order valence-electron chi connectivity index (χ3n) is 4.47. The van der Waals surface area contributed by atoms with Crippen LogP contribution >= 0.6 is 0 Å². The molecule has 158 valence electrons. The van der Waals surface area contributed by atoms with Crippen LogP contribution in [0.5, 0.6) is 5.75 Å². The maximum Gasteiger partial charge on any atom is 0.224 e. The van der Waals surface area contributed by atoms with Gasteiger partial charge in [-0.3, -0.25) is 14.3 Å². The van der Waals surface area contributed by atoms with Crippen LogP contribution in [0.15, 0.2) is 36.7 Å². The summed E-state index contributed by atoms with van der Waals surface area (Å²) in [5.74, 6) is 0.516. The molecule has 7 nitrogen and oxygen atoms in total. The van der Waals surface area contributed by atoms with Crippen molar-refractivity contribution in [1.29, 1.82) is 0 Å². The van der Waals surface area contributed by atoms with Crippen LogP contribution < -0.4 is 10.1 Å². The standard InChI is InChI=1S/C22H32N4O3/c1-4-5-6-15-29-20-9-7-18(8-10-20)21(27)11-12-22(28)24-19-16-23-26(17-19)14-13-25(2)3/h7-10,16-17H,4-6,11-15H2,1-3H3,(H,24,28). The van der Waals surface area contributed by atoms with Gasteiger partial charge in [-0.2, -0.15) is 5.10 Å². The van der Waals surface area contributed by atoms with Crippen molar-refractivity contribution in [1.82, 2.24) is 14.7 Å². The number of unbranched alkanes of at least 4 members (excludes halogenated alkanes) is 2. The van der Waals surface area contributed by atoms with Gasteiger partial charge >= 0.3 is 0 Å². The summed E-state index contributed by atoms with van der Waals surface area (Å²) in [5, 5.41) is 7.01. The third-order valence-corrected chi connectivity index (χ3v) is 4.47. The molecule has 0 spiro atoms. The Morgan fingerprint density at radius 2 is 1.90 bits per heavy atom. The van der Waals surface area contributed by atoms with Crippen molar-refractivity contribution >= 4 is 17.4 Å². The highest BCUT2D eigenvalue weighted by molar-refractivity contribution is 6.00. The van der Waals surface area contributed by atoms with Crippen LogP contribution in [0.3, 0.4) is 0 Å². The topological polar surface area (TPSA) is 76.5 Å². The Hall–Kier alpha value is -2.67. The molecular formula is C22H32N4O3. The van der Waals surface area contributed by atoms with Gasteiger partial charge < -0.3 is 15.0 Å². The molecule has 0 atom stereocenters. The Morgan fingerprint density at radius 1 is 1.14 bits per heavy atom. The van der Waals surface area contributed by atoms with E-state index < -0.39 is 0 Å². The van der Waals surface area contributed by atoms with Crippen molar-refractivity contribution in [3.63, 3.8) is 0 Å². The summed E-state index contributed by atoms with van der Waals surface area (Å²) < 4.78 is 7.44. The highest BCUT2D eigenvalue weighted by atomic mass is 16.5. The lowest BCUT2D eigenvalue weighted by atomic mass is 10.1. The average molecular weight is 401 g/mol. The van der Waals surface area contributed by atoms with E-state index in [1.54, 1.807) is 41.3 Å². The number of likely N-dealkylation sites (N-methyl/N-ethyl adjacent to an activating group) is 1. The van der Waals surface area contributed by atoms with E-state index in [0.29, 0.717) is 17.9 Å². The van der Waals surface area contributed by atoms with E-state index in [1.807, 2.05) is 14.1 Å². The van der Waals surface area contributed by atoms with Crippen LogP contribution in [-0.4, -0.2) is 53.6 Å². The lowest BCUT2D eigenvalue weighted by molar-refractivity contribution is -0.116. The van der Waals surface area contributed by atoms with Crippen LogP contribution in [0.25, 0.3) is 0 Å². The third kappa shape index (κ3) is 8.48. The van der Waals surface area contributed by atoms with Gasteiger partial charge in [0, 0.05) is 31.1 Å². The molecule has 0 saturated heterocycles. The first kappa shape index (κ1) is 22.6. The molecule has 2 aromatic rings. The molecule has 0 unspecified atom stereocenters. The van der Waals surface area contributed by atoms with Gasteiger partial charge in [-0.15, -0.1) is 0 Å². The molecule has 0 aliphatic rings. The summed E-state index contributed by atoms with van der Waals surface area (Å²) >= 11 is 0. The molecule has 0 bridgehead atoms. The zero-order valence-electron chi connectivity index (χ0n) is 17.7. The molecule has 0 aliphatic carbocycles. The molecule has 1 N–H and O–H groups in total. The number of anilines is 1. The Morgan fingerprint density at radius 3 is 2.59 bits per heavy atom. The number of carbonyl (C=O) groups is 2. The molecule has 1 amide bonds. The first-order valence-electron chi connectivity index (χ1n) is 10.2. The fraction of sp³-hybridized carbons (Fsp3) is 0.500. The molecule has 1 aromatic heterocycles. The van der Waals surface area contributed by atoms with Crippen LogP contribution in [0.4, 0.5) is 5.69 Å². The number of hydrogen-bond donors (Lipinski definition) is 1. The van der Waals surface area contributed by atoms with Crippen LogP contribution in [0.1, 0.15) is 49.4 Å². The largest absolute Gasteiger partial charge is 0.494 e. The number of nitrogens with zero attached hydrogens (tertiary/aromatic N) is 3. The highest BCUT2D eigenvalue weighted by Crippen LogP contribution is 2.15. The second-order valence-corrected chi connectivity index (χ2v) is 7.35. The van der Waals surface area contributed by atoms with Crippen molar-refractivity contribution in [2.75, 3.05) is 32.6 Å². The van der Waals surface area contributed by atoms with Gasteiger partial charge in [0.15, 0.2) is 5.78 Å². The van der Waals surface area contributed by atoms with Gasteiger partial charge in [0.25, 0.3) is 0 Å². The SMILES string of the molecule is CCCCCOc1ccc(C(=O)CCC(=O)Nc2cnn(CCN(C)C)c2)cc1. The van der Waals surface area contributed by atoms with Crippen molar-refractivity contribution < 1.29 is 14.3 Å². The number of aromatic nitrogens is 2. The predicted octanol–water partition coefficient (Wildman–Crippen LogP) is 3.62. The van der Waals surface area contributed by atoms with E-state index in [2.05, 4.69) is 22.2 Å².